The molecule has 4 heteroatoms. The van der Waals surface area contributed by atoms with Crippen molar-refractivity contribution >= 4 is 5.91 Å². The molecule has 1 aromatic carbocycles. The highest BCUT2D eigenvalue weighted by Crippen LogP contribution is 2.14. The number of nitrogens with zero attached hydrogens (tertiary/aromatic N) is 2. The van der Waals surface area contributed by atoms with E-state index >= 15 is 0 Å². The molecule has 106 valence electrons. The molecule has 1 atom stereocenters. The Morgan fingerprint density at radius 2 is 1.95 bits per heavy atom. The van der Waals surface area contributed by atoms with Crippen LogP contribution in [0.15, 0.2) is 36.5 Å². The highest BCUT2D eigenvalue weighted by molar-refractivity contribution is 5.92. The number of benzene rings is 1. The summed E-state index contributed by atoms with van der Waals surface area (Å²) in [5.41, 5.74) is 2.86. The number of rotatable bonds is 5. The minimum atomic E-state index is -0.135. The molecule has 0 saturated carbocycles. The van der Waals surface area contributed by atoms with Crippen LogP contribution in [0.4, 0.5) is 0 Å². The van der Waals surface area contributed by atoms with Gasteiger partial charge in [-0.05, 0) is 37.5 Å². The SMILES string of the molecule is CCc1ccc([C@H](C)NC(=O)c2ccn(CC)n2)cc1. The summed E-state index contributed by atoms with van der Waals surface area (Å²) in [6.07, 6.45) is 2.84. The standard InChI is InChI=1S/C16H21N3O/c1-4-13-6-8-14(9-7-13)12(3)17-16(20)15-10-11-19(5-2)18-15/h6-12H,4-5H2,1-3H3,(H,17,20)/t12-/m0/s1. The van der Waals surface area contributed by atoms with E-state index in [1.807, 2.05) is 20.0 Å². The molecule has 0 aliphatic heterocycles. The lowest BCUT2D eigenvalue weighted by Crippen LogP contribution is -2.27. The molecule has 0 saturated heterocycles. The van der Waals surface area contributed by atoms with Gasteiger partial charge in [0.25, 0.3) is 5.91 Å². The summed E-state index contributed by atoms with van der Waals surface area (Å²) in [7, 11) is 0. The van der Waals surface area contributed by atoms with Gasteiger partial charge in [-0.2, -0.15) is 5.10 Å². The quantitative estimate of drug-likeness (QED) is 0.908. The second-order valence-corrected chi connectivity index (χ2v) is 4.85. The largest absolute Gasteiger partial charge is 0.344 e. The summed E-state index contributed by atoms with van der Waals surface area (Å²) in [4.78, 5) is 12.1. The molecule has 0 spiro atoms. The van der Waals surface area contributed by atoms with Crippen molar-refractivity contribution in [3.8, 4) is 0 Å². The number of hydrogen-bond acceptors (Lipinski definition) is 2. The van der Waals surface area contributed by atoms with E-state index in [1.165, 1.54) is 5.56 Å². The number of nitrogens with one attached hydrogen (secondary N) is 1. The van der Waals surface area contributed by atoms with E-state index in [9.17, 15) is 4.79 Å². The van der Waals surface area contributed by atoms with Crippen LogP contribution in [0.5, 0.6) is 0 Å². The van der Waals surface area contributed by atoms with Gasteiger partial charge in [0.1, 0.15) is 5.69 Å². The molecule has 0 unspecified atom stereocenters. The number of aryl methyl sites for hydroxylation is 2. The predicted octanol–water partition coefficient (Wildman–Crippen LogP) is 2.96. The van der Waals surface area contributed by atoms with Crippen molar-refractivity contribution in [1.29, 1.82) is 0 Å². The fourth-order valence-corrected chi connectivity index (χ4v) is 2.05. The zero-order chi connectivity index (χ0) is 14.5. The third-order valence-corrected chi connectivity index (χ3v) is 3.43. The van der Waals surface area contributed by atoms with Gasteiger partial charge < -0.3 is 5.32 Å². The Labute approximate surface area is 119 Å². The second kappa shape index (κ2) is 6.37. The number of carbonyl (C=O) groups excluding carboxylic acids is 1. The molecule has 1 N–H and O–H groups in total. The number of hydrogen-bond donors (Lipinski definition) is 1. The molecule has 4 nitrogen and oxygen atoms in total. The Kier molecular flexibility index (Phi) is 4.56. The molecule has 1 amide bonds. The molecular formula is C16H21N3O. The van der Waals surface area contributed by atoms with E-state index < -0.39 is 0 Å². The summed E-state index contributed by atoms with van der Waals surface area (Å²) in [5.74, 6) is -0.135. The van der Waals surface area contributed by atoms with Gasteiger partial charge in [0.05, 0.1) is 6.04 Å². The Hall–Kier alpha value is -2.10. The summed E-state index contributed by atoms with van der Waals surface area (Å²) >= 11 is 0. The van der Waals surface area contributed by atoms with Crippen molar-refractivity contribution in [2.75, 3.05) is 0 Å². The van der Waals surface area contributed by atoms with Gasteiger partial charge in [0, 0.05) is 12.7 Å². The summed E-state index contributed by atoms with van der Waals surface area (Å²) < 4.78 is 1.75. The van der Waals surface area contributed by atoms with E-state index in [0.29, 0.717) is 5.69 Å². The Balaban J connectivity index is 2.02. The van der Waals surface area contributed by atoms with Crippen LogP contribution in [0.25, 0.3) is 0 Å². The van der Waals surface area contributed by atoms with Crippen LogP contribution in [0.1, 0.15) is 48.4 Å². The predicted molar refractivity (Wildman–Crippen MR) is 79.6 cm³/mol. The smallest absolute Gasteiger partial charge is 0.272 e. The first-order valence-electron chi connectivity index (χ1n) is 7.07. The number of carbonyl (C=O) groups is 1. The summed E-state index contributed by atoms with van der Waals surface area (Å²) in [6.45, 7) is 6.87. The molecule has 1 heterocycles. The molecule has 0 aliphatic rings. The van der Waals surface area contributed by atoms with Crippen LogP contribution < -0.4 is 5.32 Å². The topological polar surface area (TPSA) is 46.9 Å². The van der Waals surface area contributed by atoms with Crippen LogP contribution in [-0.2, 0) is 13.0 Å². The third kappa shape index (κ3) is 3.26. The van der Waals surface area contributed by atoms with E-state index in [4.69, 9.17) is 0 Å². The molecule has 20 heavy (non-hydrogen) atoms. The Morgan fingerprint density at radius 1 is 1.25 bits per heavy atom. The third-order valence-electron chi connectivity index (χ3n) is 3.43. The Bertz CT molecular complexity index is 572. The number of aromatic nitrogens is 2. The molecule has 2 aromatic rings. The van der Waals surface area contributed by atoms with Crippen molar-refractivity contribution in [1.82, 2.24) is 15.1 Å². The van der Waals surface area contributed by atoms with Gasteiger partial charge in [-0.15, -0.1) is 0 Å². The van der Waals surface area contributed by atoms with Crippen LogP contribution in [0.3, 0.4) is 0 Å². The highest BCUT2D eigenvalue weighted by Gasteiger charge is 2.13. The van der Waals surface area contributed by atoms with Crippen molar-refractivity contribution in [2.24, 2.45) is 0 Å². The molecule has 2 rings (SSSR count). The molecule has 0 bridgehead atoms. The molecule has 1 aromatic heterocycles. The van der Waals surface area contributed by atoms with Crippen LogP contribution in [-0.4, -0.2) is 15.7 Å². The van der Waals surface area contributed by atoms with Crippen LogP contribution in [0, 0.1) is 0 Å². The van der Waals surface area contributed by atoms with Crippen molar-refractivity contribution < 1.29 is 4.79 Å². The molecular weight excluding hydrogens is 250 g/mol. The molecule has 0 radical (unpaired) electrons. The monoisotopic (exact) mass is 271 g/mol. The van der Waals surface area contributed by atoms with E-state index in [2.05, 4.69) is 41.6 Å². The minimum Gasteiger partial charge on any atom is -0.344 e. The van der Waals surface area contributed by atoms with E-state index in [0.717, 1.165) is 18.5 Å². The second-order valence-electron chi connectivity index (χ2n) is 4.85. The van der Waals surface area contributed by atoms with Gasteiger partial charge in [-0.25, -0.2) is 0 Å². The summed E-state index contributed by atoms with van der Waals surface area (Å²) in [6, 6.07) is 10.0. The lowest BCUT2D eigenvalue weighted by Gasteiger charge is -2.13. The first-order valence-corrected chi connectivity index (χ1v) is 7.07. The van der Waals surface area contributed by atoms with E-state index in [1.54, 1.807) is 10.7 Å². The van der Waals surface area contributed by atoms with Crippen molar-refractivity contribution in [3.63, 3.8) is 0 Å². The van der Waals surface area contributed by atoms with Gasteiger partial charge in [0.2, 0.25) is 0 Å². The van der Waals surface area contributed by atoms with Gasteiger partial charge in [-0.3, -0.25) is 9.48 Å². The average molecular weight is 271 g/mol. The minimum absolute atomic E-state index is 0.0276. The normalized spacial score (nSPS) is 12.2. The number of amides is 1. The van der Waals surface area contributed by atoms with Crippen LogP contribution in [0.2, 0.25) is 0 Å². The fraction of sp³-hybridized carbons (Fsp3) is 0.375. The first-order chi connectivity index (χ1) is 9.63. The lowest BCUT2D eigenvalue weighted by molar-refractivity contribution is 0.0934. The first kappa shape index (κ1) is 14.3. The van der Waals surface area contributed by atoms with Crippen molar-refractivity contribution in [3.05, 3.63) is 53.3 Å². The van der Waals surface area contributed by atoms with Crippen molar-refractivity contribution in [2.45, 2.75) is 39.8 Å². The van der Waals surface area contributed by atoms with Gasteiger partial charge in [0.15, 0.2) is 0 Å². The fourth-order valence-electron chi connectivity index (χ4n) is 2.05. The molecule has 0 fully saturated rings. The maximum atomic E-state index is 12.1. The lowest BCUT2D eigenvalue weighted by atomic mass is 10.0. The van der Waals surface area contributed by atoms with Crippen LogP contribution >= 0.6 is 0 Å². The maximum Gasteiger partial charge on any atom is 0.272 e. The molecule has 0 aliphatic carbocycles. The average Bonchev–Trinajstić information content (AvgIpc) is 2.96. The van der Waals surface area contributed by atoms with Gasteiger partial charge in [-0.1, -0.05) is 31.2 Å². The highest BCUT2D eigenvalue weighted by atomic mass is 16.2. The zero-order valence-electron chi connectivity index (χ0n) is 12.3. The summed E-state index contributed by atoms with van der Waals surface area (Å²) in [5, 5.41) is 7.18. The maximum absolute atomic E-state index is 12.1. The Morgan fingerprint density at radius 3 is 2.50 bits per heavy atom. The van der Waals surface area contributed by atoms with E-state index in [-0.39, 0.29) is 11.9 Å². The zero-order valence-corrected chi connectivity index (χ0v) is 12.3. The van der Waals surface area contributed by atoms with Gasteiger partial charge >= 0.3 is 0 Å².